The number of aromatic nitrogens is 2. The summed E-state index contributed by atoms with van der Waals surface area (Å²) in [6.07, 6.45) is 0. The van der Waals surface area contributed by atoms with Crippen LogP contribution in [0.25, 0.3) is 0 Å². The van der Waals surface area contributed by atoms with Crippen LogP contribution in [0.5, 0.6) is 0 Å². The quantitative estimate of drug-likeness (QED) is 0.758. The van der Waals surface area contributed by atoms with Crippen LogP contribution < -0.4 is 0 Å². The van der Waals surface area contributed by atoms with Crippen LogP contribution in [0.4, 0.5) is 13.2 Å². The van der Waals surface area contributed by atoms with Crippen LogP contribution in [0, 0.1) is 0 Å². The summed E-state index contributed by atoms with van der Waals surface area (Å²) in [6, 6.07) is 0.599. The Bertz CT molecular complexity index is 323. The Labute approximate surface area is 70.4 Å². The molecule has 13 heavy (non-hydrogen) atoms. The smallest absolute Gasteiger partial charge is 0.356 e. The maximum absolute atomic E-state index is 12.5. The van der Waals surface area contributed by atoms with Gasteiger partial charge >= 0.3 is 11.9 Å². The van der Waals surface area contributed by atoms with Crippen molar-refractivity contribution in [1.29, 1.82) is 0 Å². The number of hydrogen-bond acceptors (Lipinski definition) is 2. The topological polar surface area (TPSA) is 66.0 Å². The maximum Gasteiger partial charge on any atom is 0.356 e. The van der Waals surface area contributed by atoms with Crippen molar-refractivity contribution in [3.8, 4) is 0 Å². The zero-order valence-corrected chi connectivity index (χ0v) is 6.22. The molecule has 0 saturated heterocycles. The molecule has 0 aromatic carbocycles. The van der Waals surface area contributed by atoms with Crippen LogP contribution in [0.1, 0.15) is 16.2 Å². The van der Waals surface area contributed by atoms with E-state index in [-0.39, 0.29) is 0 Å². The molecule has 2 N–H and O–H groups in total. The Hall–Kier alpha value is -1.53. The number of nitrogens with one attached hydrogen (secondary N) is 1. The molecule has 1 aromatic rings. The average Bonchev–Trinajstić information content (AvgIpc) is 2.52. The van der Waals surface area contributed by atoms with E-state index in [1.165, 1.54) is 0 Å². The highest BCUT2D eigenvalue weighted by molar-refractivity contribution is 5.85. The molecule has 0 spiro atoms. The molecule has 0 aliphatic carbocycles. The zero-order valence-electron chi connectivity index (χ0n) is 6.22. The number of nitrogens with zero attached hydrogens (tertiary/aromatic N) is 1. The Morgan fingerprint density at radius 3 is 2.69 bits per heavy atom. The van der Waals surface area contributed by atoms with Crippen LogP contribution in [-0.4, -0.2) is 27.9 Å². The SMILES string of the molecule is O=C(O)c1cc(C(F)(F)CF)[nH]n1. The summed E-state index contributed by atoms with van der Waals surface area (Å²) in [4.78, 5) is 10.2. The van der Waals surface area contributed by atoms with Gasteiger partial charge in [-0.05, 0) is 0 Å². The maximum atomic E-state index is 12.5. The van der Waals surface area contributed by atoms with Gasteiger partial charge in [-0.1, -0.05) is 0 Å². The van der Waals surface area contributed by atoms with Gasteiger partial charge in [0.2, 0.25) is 0 Å². The molecule has 1 heterocycles. The highest BCUT2D eigenvalue weighted by atomic mass is 19.3. The minimum atomic E-state index is -3.71. The second-order valence-electron chi connectivity index (χ2n) is 2.31. The summed E-state index contributed by atoms with van der Waals surface area (Å²) in [5.74, 6) is -5.15. The lowest BCUT2D eigenvalue weighted by Gasteiger charge is -2.07. The summed E-state index contributed by atoms with van der Waals surface area (Å²) in [5, 5.41) is 13.1. The third kappa shape index (κ3) is 1.79. The Morgan fingerprint density at radius 2 is 2.31 bits per heavy atom. The number of rotatable bonds is 3. The Balaban J connectivity index is 2.98. The first kappa shape index (κ1) is 9.56. The minimum Gasteiger partial charge on any atom is -0.476 e. The third-order valence-corrected chi connectivity index (χ3v) is 1.36. The standard InChI is InChI=1S/C6H5F3N2O2/c7-2-6(8,9)4-1-3(5(12)13)10-11-4/h1H,2H2,(H,10,11)(H,12,13). The van der Waals surface area contributed by atoms with E-state index in [4.69, 9.17) is 5.11 Å². The van der Waals surface area contributed by atoms with Gasteiger partial charge in [0.15, 0.2) is 12.4 Å². The van der Waals surface area contributed by atoms with Crippen LogP contribution >= 0.6 is 0 Å². The molecular formula is C6H5F3N2O2. The van der Waals surface area contributed by atoms with Crippen molar-refractivity contribution in [3.05, 3.63) is 17.5 Å². The first-order valence-electron chi connectivity index (χ1n) is 3.20. The second-order valence-corrected chi connectivity index (χ2v) is 2.31. The van der Waals surface area contributed by atoms with Crippen molar-refractivity contribution >= 4 is 5.97 Å². The van der Waals surface area contributed by atoms with Gasteiger partial charge in [0, 0.05) is 6.07 Å². The number of hydrogen-bond donors (Lipinski definition) is 2. The summed E-state index contributed by atoms with van der Waals surface area (Å²) >= 11 is 0. The van der Waals surface area contributed by atoms with Gasteiger partial charge in [-0.3, -0.25) is 5.10 Å². The molecule has 0 radical (unpaired) electrons. The van der Waals surface area contributed by atoms with Crippen molar-refractivity contribution < 1.29 is 23.1 Å². The Morgan fingerprint density at radius 1 is 1.69 bits per heavy atom. The lowest BCUT2D eigenvalue weighted by molar-refractivity contribution is -0.0322. The zero-order chi connectivity index (χ0) is 10.1. The monoisotopic (exact) mass is 194 g/mol. The fourth-order valence-electron chi connectivity index (χ4n) is 0.691. The first-order valence-corrected chi connectivity index (χ1v) is 3.20. The lowest BCUT2D eigenvalue weighted by Crippen LogP contribution is -2.16. The number of carboxylic acids is 1. The second kappa shape index (κ2) is 3.08. The number of carbonyl (C=O) groups is 1. The van der Waals surface area contributed by atoms with E-state index in [0.29, 0.717) is 6.07 Å². The number of carboxylic acid groups (broad SMARTS) is 1. The molecule has 0 saturated carbocycles. The van der Waals surface area contributed by atoms with Crippen molar-refractivity contribution in [1.82, 2.24) is 10.2 Å². The lowest BCUT2D eigenvalue weighted by atomic mass is 10.2. The number of H-pyrrole nitrogens is 1. The fraction of sp³-hybridized carbons (Fsp3) is 0.333. The van der Waals surface area contributed by atoms with Crippen molar-refractivity contribution in [2.45, 2.75) is 5.92 Å². The predicted octanol–water partition coefficient (Wildman–Crippen LogP) is 1.17. The van der Waals surface area contributed by atoms with Gasteiger partial charge in [0.25, 0.3) is 0 Å². The molecule has 1 rings (SSSR count). The van der Waals surface area contributed by atoms with Gasteiger partial charge in [0.05, 0.1) is 0 Å². The highest BCUT2D eigenvalue weighted by Crippen LogP contribution is 2.26. The molecule has 0 aliphatic rings. The minimum absolute atomic E-state index is 0.567. The number of halogens is 3. The van der Waals surface area contributed by atoms with Gasteiger partial charge in [0.1, 0.15) is 5.69 Å². The van der Waals surface area contributed by atoms with E-state index >= 15 is 0 Å². The third-order valence-electron chi connectivity index (χ3n) is 1.36. The molecule has 72 valence electrons. The van der Waals surface area contributed by atoms with Gasteiger partial charge in [-0.2, -0.15) is 13.9 Å². The molecule has 7 heteroatoms. The molecule has 0 amide bonds. The predicted molar refractivity (Wildman–Crippen MR) is 35.4 cm³/mol. The largest absolute Gasteiger partial charge is 0.476 e. The van der Waals surface area contributed by atoms with Gasteiger partial charge in [-0.25, -0.2) is 9.18 Å². The first-order chi connectivity index (χ1) is 5.97. The van der Waals surface area contributed by atoms with Crippen LogP contribution in [0.2, 0.25) is 0 Å². The van der Waals surface area contributed by atoms with Crippen molar-refractivity contribution in [2.24, 2.45) is 0 Å². The average molecular weight is 194 g/mol. The van der Waals surface area contributed by atoms with Gasteiger partial charge < -0.3 is 5.11 Å². The van der Waals surface area contributed by atoms with E-state index in [1.54, 1.807) is 5.10 Å². The van der Waals surface area contributed by atoms with E-state index in [1.807, 2.05) is 0 Å². The number of aromatic amines is 1. The van der Waals surface area contributed by atoms with E-state index in [0.717, 1.165) is 0 Å². The van der Waals surface area contributed by atoms with Crippen LogP contribution in [-0.2, 0) is 5.92 Å². The van der Waals surface area contributed by atoms with Gasteiger partial charge in [-0.15, -0.1) is 0 Å². The molecule has 0 fully saturated rings. The normalized spacial score (nSPS) is 11.6. The molecule has 0 aliphatic heterocycles. The molecule has 4 nitrogen and oxygen atoms in total. The molecule has 0 unspecified atom stereocenters. The fourth-order valence-corrected chi connectivity index (χ4v) is 0.691. The molecular weight excluding hydrogens is 189 g/mol. The summed E-state index contributed by atoms with van der Waals surface area (Å²) in [7, 11) is 0. The van der Waals surface area contributed by atoms with E-state index < -0.39 is 30.0 Å². The van der Waals surface area contributed by atoms with E-state index in [2.05, 4.69) is 5.10 Å². The highest BCUT2D eigenvalue weighted by Gasteiger charge is 2.34. The number of alkyl halides is 3. The van der Waals surface area contributed by atoms with Crippen LogP contribution in [0.15, 0.2) is 6.07 Å². The van der Waals surface area contributed by atoms with Crippen molar-refractivity contribution in [3.63, 3.8) is 0 Å². The number of aromatic carboxylic acids is 1. The Kier molecular flexibility index (Phi) is 2.26. The van der Waals surface area contributed by atoms with Crippen LogP contribution in [0.3, 0.4) is 0 Å². The molecule has 0 atom stereocenters. The van der Waals surface area contributed by atoms with Crippen molar-refractivity contribution in [2.75, 3.05) is 6.67 Å². The summed E-state index contributed by atoms with van der Waals surface area (Å²) in [6.45, 7) is -1.89. The molecule has 0 bridgehead atoms. The summed E-state index contributed by atoms with van der Waals surface area (Å²) in [5.41, 5.74) is -1.41. The molecule has 1 aromatic heterocycles. The summed E-state index contributed by atoms with van der Waals surface area (Å²) < 4.78 is 36.8. The van der Waals surface area contributed by atoms with E-state index in [9.17, 15) is 18.0 Å².